The van der Waals surface area contributed by atoms with Gasteiger partial charge in [-0.1, -0.05) is 65.9 Å². The van der Waals surface area contributed by atoms with Gasteiger partial charge >= 0.3 is 6.03 Å². The maximum absolute atomic E-state index is 11.8. The van der Waals surface area contributed by atoms with E-state index in [0.29, 0.717) is 0 Å². The van der Waals surface area contributed by atoms with E-state index in [1.807, 2.05) is 73.7 Å². The van der Waals surface area contributed by atoms with Crippen LogP contribution >= 0.6 is 0 Å². The highest BCUT2D eigenvalue weighted by atomic mass is 16.5. The highest BCUT2D eigenvalue weighted by Gasteiger charge is 2.00. The lowest BCUT2D eigenvalue weighted by atomic mass is 10.1. The maximum atomic E-state index is 11.8. The summed E-state index contributed by atoms with van der Waals surface area (Å²) in [6.45, 7) is 2.53. The van der Waals surface area contributed by atoms with E-state index in [2.05, 4.69) is 22.5 Å². The normalized spacial score (nSPS) is 9.88. The Labute approximate surface area is 153 Å². The van der Waals surface area contributed by atoms with Crippen molar-refractivity contribution >= 4 is 22.5 Å². The van der Waals surface area contributed by atoms with E-state index in [1.165, 1.54) is 0 Å². The first-order chi connectivity index (χ1) is 12.7. The van der Waals surface area contributed by atoms with Crippen LogP contribution in [0.1, 0.15) is 5.56 Å². The van der Waals surface area contributed by atoms with E-state index < -0.39 is 0 Å². The number of aryl methyl sites for hydroxylation is 1. The topological polar surface area (TPSA) is 50.4 Å². The highest BCUT2D eigenvalue weighted by molar-refractivity contribution is 5.89. The predicted octanol–water partition coefficient (Wildman–Crippen LogP) is 4.35. The number of carbonyl (C=O) groups is 1. The van der Waals surface area contributed by atoms with Gasteiger partial charge in [0.2, 0.25) is 0 Å². The lowest BCUT2D eigenvalue weighted by molar-refractivity contribution is 0.253. The van der Waals surface area contributed by atoms with Crippen molar-refractivity contribution in [3.8, 4) is 17.6 Å². The molecule has 3 aromatic carbocycles. The third kappa shape index (κ3) is 4.78. The minimum atomic E-state index is -0.280. The average molecular weight is 344 g/mol. The molecule has 0 aliphatic carbocycles. The molecule has 0 bridgehead atoms. The Morgan fingerprint density at radius 2 is 1.73 bits per heavy atom. The average Bonchev–Trinajstić information content (AvgIpc) is 2.66. The van der Waals surface area contributed by atoms with E-state index in [9.17, 15) is 4.79 Å². The van der Waals surface area contributed by atoms with Crippen molar-refractivity contribution < 1.29 is 9.53 Å². The van der Waals surface area contributed by atoms with Gasteiger partial charge in [-0.2, -0.15) is 0 Å². The van der Waals surface area contributed by atoms with Crippen LogP contribution in [0.3, 0.4) is 0 Å². The lowest BCUT2D eigenvalue weighted by Gasteiger charge is -2.06. The van der Waals surface area contributed by atoms with Crippen LogP contribution in [0.15, 0.2) is 66.7 Å². The molecule has 130 valence electrons. The molecule has 0 spiro atoms. The van der Waals surface area contributed by atoms with Crippen molar-refractivity contribution in [2.75, 3.05) is 18.5 Å². The zero-order chi connectivity index (χ0) is 18.2. The molecular weight excluding hydrogens is 324 g/mol. The maximum Gasteiger partial charge on any atom is 0.319 e. The van der Waals surface area contributed by atoms with Crippen molar-refractivity contribution in [2.45, 2.75) is 6.92 Å². The second kappa shape index (κ2) is 8.59. The molecule has 0 atom stereocenters. The van der Waals surface area contributed by atoms with Gasteiger partial charge in [-0.05, 0) is 30.5 Å². The molecule has 3 rings (SSSR count). The van der Waals surface area contributed by atoms with Crippen molar-refractivity contribution in [1.82, 2.24) is 5.32 Å². The molecule has 3 aromatic rings. The number of benzene rings is 3. The Balaban J connectivity index is 1.44. The van der Waals surface area contributed by atoms with Crippen molar-refractivity contribution in [3.05, 3.63) is 72.3 Å². The molecule has 0 aromatic heterocycles. The summed E-state index contributed by atoms with van der Waals surface area (Å²) in [7, 11) is 0. The van der Waals surface area contributed by atoms with Crippen LogP contribution in [0.4, 0.5) is 10.5 Å². The van der Waals surface area contributed by atoms with Gasteiger partial charge in [0, 0.05) is 11.1 Å². The molecule has 0 unspecified atom stereocenters. The second-order valence-electron chi connectivity index (χ2n) is 5.79. The Hall–Kier alpha value is -3.45. The van der Waals surface area contributed by atoms with Gasteiger partial charge < -0.3 is 15.4 Å². The van der Waals surface area contributed by atoms with E-state index in [1.54, 1.807) is 0 Å². The quantitative estimate of drug-likeness (QED) is 0.691. The van der Waals surface area contributed by atoms with Crippen LogP contribution in [0.2, 0.25) is 0 Å². The number of anilines is 1. The van der Waals surface area contributed by atoms with Gasteiger partial charge in [-0.15, -0.1) is 0 Å². The summed E-state index contributed by atoms with van der Waals surface area (Å²) in [5.41, 5.74) is 1.90. The second-order valence-corrected chi connectivity index (χ2v) is 5.79. The Bertz CT molecular complexity index is 948. The Morgan fingerprint density at radius 1 is 0.962 bits per heavy atom. The summed E-state index contributed by atoms with van der Waals surface area (Å²) in [5, 5.41) is 7.65. The summed E-state index contributed by atoms with van der Waals surface area (Å²) >= 11 is 0. The number of urea groups is 1. The van der Waals surface area contributed by atoms with E-state index in [-0.39, 0.29) is 19.2 Å². The van der Waals surface area contributed by atoms with E-state index in [0.717, 1.165) is 27.8 Å². The molecule has 0 saturated carbocycles. The van der Waals surface area contributed by atoms with Crippen LogP contribution < -0.4 is 15.4 Å². The van der Waals surface area contributed by atoms with Crippen LogP contribution in [0, 0.1) is 18.8 Å². The summed E-state index contributed by atoms with van der Waals surface area (Å²) in [6.07, 6.45) is 0. The minimum absolute atomic E-state index is 0.261. The summed E-state index contributed by atoms with van der Waals surface area (Å²) in [5.74, 6) is 6.60. The van der Waals surface area contributed by atoms with Gasteiger partial charge in [-0.3, -0.25) is 0 Å². The molecule has 0 saturated heterocycles. The van der Waals surface area contributed by atoms with Gasteiger partial charge in [0.15, 0.2) is 0 Å². The van der Waals surface area contributed by atoms with Crippen LogP contribution in [-0.2, 0) is 0 Å². The Morgan fingerprint density at radius 3 is 2.58 bits per heavy atom. The molecule has 2 N–H and O–H groups in total. The molecule has 0 heterocycles. The van der Waals surface area contributed by atoms with E-state index in [4.69, 9.17) is 4.74 Å². The van der Waals surface area contributed by atoms with E-state index >= 15 is 0 Å². The summed E-state index contributed by atoms with van der Waals surface area (Å²) in [4.78, 5) is 11.8. The molecule has 0 radical (unpaired) electrons. The highest BCUT2D eigenvalue weighted by Crippen LogP contribution is 2.24. The minimum Gasteiger partial charge on any atom is -0.480 e. The van der Waals surface area contributed by atoms with Gasteiger partial charge in [0.05, 0.1) is 6.54 Å². The van der Waals surface area contributed by atoms with Crippen molar-refractivity contribution in [2.24, 2.45) is 0 Å². The molecule has 0 fully saturated rings. The first kappa shape index (κ1) is 17.4. The first-order valence-corrected chi connectivity index (χ1v) is 8.40. The van der Waals surface area contributed by atoms with Gasteiger partial charge in [-0.25, -0.2) is 4.79 Å². The monoisotopic (exact) mass is 344 g/mol. The number of nitrogens with one attached hydrogen (secondary N) is 2. The summed E-state index contributed by atoms with van der Waals surface area (Å²) in [6, 6.07) is 21.3. The smallest absolute Gasteiger partial charge is 0.319 e. The fourth-order valence-electron chi connectivity index (χ4n) is 2.49. The molecule has 2 amide bonds. The standard InChI is InChI=1S/C22H20N2O2/c1-17-11-13-19(14-12-17)24-22(25)23-15-4-5-16-26-21-10-6-8-18-7-2-3-9-20(18)21/h2-3,6-14H,15-16H2,1H3,(H2,23,24,25). The van der Waals surface area contributed by atoms with Crippen molar-refractivity contribution in [3.63, 3.8) is 0 Å². The third-order valence-corrected chi connectivity index (χ3v) is 3.82. The molecule has 0 aliphatic rings. The van der Waals surface area contributed by atoms with Crippen LogP contribution in [-0.4, -0.2) is 19.2 Å². The summed E-state index contributed by atoms with van der Waals surface area (Å²) < 4.78 is 5.73. The number of amides is 2. The SMILES string of the molecule is Cc1ccc(NC(=O)NCC#CCOc2cccc3ccccc23)cc1. The van der Waals surface area contributed by atoms with Gasteiger partial charge in [0.1, 0.15) is 12.4 Å². The zero-order valence-electron chi connectivity index (χ0n) is 14.6. The predicted molar refractivity (Wildman–Crippen MR) is 105 cm³/mol. The van der Waals surface area contributed by atoms with Crippen LogP contribution in [0.5, 0.6) is 5.75 Å². The fourth-order valence-corrected chi connectivity index (χ4v) is 2.49. The van der Waals surface area contributed by atoms with Crippen molar-refractivity contribution in [1.29, 1.82) is 0 Å². The first-order valence-electron chi connectivity index (χ1n) is 8.40. The largest absolute Gasteiger partial charge is 0.480 e. The number of carbonyl (C=O) groups excluding carboxylic acids is 1. The molecule has 0 aliphatic heterocycles. The molecule has 4 heteroatoms. The number of rotatable bonds is 4. The number of hydrogen-bond acceptors (Lipinski definition) is 2. The molecule has 26 heavy (non-hydrogen) atoms. The lowest BCUT2D eigenvalue weighted by Crippen LogP contribution is -2.28. The zero-order valence-corrected chi connectivity index (χ0v) is 14.6. The molecular formula is C22H20N2O2. The third-order valence-electron chi connectivity index (χ3n) is 3.82. The number of ether oxygens (including phenoxy) is 1. The van der Waals surface area contributed by atoms with Crippen LogP contribution in [0.25, 0.3) is 10.8 Å². The molecule has 4 nitrogen and oxygen atoms in total. The fraction of sp³-hybridized carbons (Fsp3) is 0.136. The van der Waals surface area contributed by atoms with Gasteiger partial charge in [0.25, 0.3) is 0 Å². The number of hydrogen-bond donors (Lipinski definition) is 2. The number of fused-ring (bicyclic) bond motifs is 1. The Kier molecular flexibility index (Phi) is 5.74.